The smallest absolute Gasteiger partial charge is 0.123 e. The minimum atomic E-state index is -0.143. The summed E-state index contributed by atoms with van der Waals surface area (Å²) in [6, 6.07) is 5.04. The molecule has 1 aliphatic carbocycles. The fourth-order valence-electron chi connectivity index (χ4n) is 2.54. The third-order valence-electron chi connectivity index (χ3n) is 3.86. The summed E-state index contributed by atoms with van der Waals surface area (Å²) in [6.07, 6.45) is 5.35. The zero-order chi connectivity index (χ0) is 12.3. The third kappa shape index (κ3) is 3.29. The number of aryl methyl sites for hydroxylation is 1. The average Bonchev–Trinajstić information content (AvgIpc) is 3.02. The molecule has 0 aromatic heterocycles. The Hall–Kier alpha value is -0.890. The Kier molecular flexibility index (Phi) is 3.82. The van der Waals surface area contributed by atoms with E-state index in [1.54, 1.807) is 12.1 Å². The van der Waals surface area contributed by atoms with Gasteiger partial charge < -0.3 is 5.32 Å². The minimum absolute atomic E-state index is 0.143. The van der Waals surface area contributed by atoms with E-state index in [1.807, 2.05) is 13.0 Å². The first kappa shape index (κ1) is 12.6. The van der Waals surface area contributed by atoms with Crippen molar-refractivity contribution in [3.63, 3.8) is 0 Å². The summed E-state index contributed by atoms with van der Waals surface area (Å²) in [5, 5.41) is 3.53. The molecule has 2 rings (SSSR count). The van der Waals surface area contributed by atoms with Crippen molar-refractivity contribution >= 4 is 0 Å². The Labute approximate surface area is 103 Å². The molecule has 0 radical (unpaired) electrons. The molecule has 1 N–H and O–H groups in total. The van der Waals surface area contributed by atoms with Crippen molar-refractivity contribution < 1.29 is 4.39 Å². The van der Waals surface area contributed by atoms with Crippen molar-refractivity contribution in [2.45, 2.75) is 46.1 Å². The first-order chi connectivity index (χ1) is 8.15. The second-order valence-electron chi connectivity index (χ2n) is 5.42. The molecule has 1 nitrogen and oxygen atoms in total. The van der Waals surface area contributed by atoms with Crippen LogP contribution < -0.4 is 5.32 Å². The summed E-state index contributed by atoms with van der Waals surface area (Å²) in [6.45, 7) is 6.19. The molecule has 1 aromatic rings. The first-order valence-corrected chi connectivity index (χ1v) is 6.61. The molecule has 0 heterocycles. The predicted octanol–water partition coefficient (Wildman–Crippen LogP) is 3.80. The van der Waals surface area contributed by atoms with Gasteiger partial charge in [-0.05, 0) is 54.9 Å². The molecule has 1 fully saturated rings. The number of hydrogen-bond acceptors (Lipinski definition) is 1. The summed E-state index contributed by atoms with van der Waals surface area (Å²) in [7, 11) is 0. The van der Waals surface area contributed by atoms with Gasteiger partial charge in [0.05, 0.1) is 0 Å². The molecule has 94 valence electrons. The van der Waals surface area contributed by atoms with Crippen molar-refractivity contribution in [2.75, 3.05) is 6.54 Å². The van der Waals surface area contributed by atoms with Crippen molar-refractivity contribution in [2.24, 2.45) is 5.41 Å². The van der Waals surface area contributed by atoms with E-state index in [-0.39, 0.29) is 5.82 Å². The van der Waals surface area contributed by atoms with E-state index in [0.717, 1.165) is 18.7 Å². The first-order valence-electron chi connectivity index (χ1n) is 6.61. The molecule has 0 aliphatic heterocycles. The van der Waals surface area contributed by atoms with Gasteiger partial charge in [-0.15, -0.1) is 0 Å². The minimum Gasteiger partial charge on any atom is -0.312 e. The van der Waals surface area contributed by atoms with Gasteiger partial charge in [-0.2, -0.15) is 0 Å². The van der Waals surface area contributed by atoms with Crippen LogP contribution in [0.5, 0.6) is 0 Å². The van der Waals surface area contributed by atoms with E-state index >= 15 is 0 Å². The Balaban J connectivity index is 1.82. The average molecular weight is 235 g/mol. The molecule has 1 aliphatic rings. The van der Waals surface area contributed by atoms with Gasteiger partial charge in [0, 0.05) is 13.1 Å². The van der Waals surface area contributed by atoms with Crippen LogP contribution in [0.2, 0.25) is 0 Å². The molecule has 2 heteroatoms. The highest BCUT2D eigenvalue weighted by atomic mass is 19.1. The molecule has 1 saturated carbocycles. The van der Waals surface area contributed by atoms with Gasteiger partial charge in [-0.25, -0.2) is 4.39 Å². The monoisotopic (exact) mass is 235 g/mol. The van der Waals surface area contributed by atoms with E-state index in [2.05, 4.69) is 12.2 Å². The topological polar surface area (TPSA) is 12.0 Å². The van der Waals surface area contributed by atoms with E-state index in [9.17, 15) is 4.39 Å². The van der Waals surface area contributed by atoms with E-state index in [0.29, 0.717) is 5.41 Å². The quantitative estimate of drug-likeness (QED) is 0.790. The van der Waals surface area contributed by atoms with Crippen LogP contribution in [0.1, 0.15) is 43.7 Å². The van der Waals surface area contributed by atoms with E-state index in [1.165, 1.54) is 31.2 Å². The van der Waals surface area contributed by atoms with Gasteiger partial charge in [0.1, 0.15) is 5.82 Å². The Morgan fingerprint density at radius 2 is 2.12 bits per heavy atom. The number of benzene rings is 1. The van der Waals surface area contributed by atoms with Crippen molar-refractivity contribution in [1.82, 2.24) is 5.32 Å². The molecule has 0 amide bonds. The van der Waals surface area contributed by atoms with Crippen LogP contribution in [0.15, 0.2) is 18.2 Å². The summed E-state index contributed by atoms with van der Waals surface area (Å²) >= 11 is 0. The molecule has 0 bridgehead atoms. The SMILES string of the molecule is CCCC1(CNCc2ccc(F)cc2C)CC1. The fourth-order valence-corrected chi connectivity index (χ4v) is 2.54. The number of rotatable bonds is 6. The van der Waals surface area contributed by atoms with E-state index < -0.39 is 0 Å². The zero-order valence-corrected chi connectivity index (χ0v) is 10.9. The van der Waals surface area contributed by atoms with Gasteiger partial charge in [-0.1, -0.05) is 19.4 Å². The fraction of sp³-hybridized carbons (Fsp3) is 0.600. The molecule has 1 aromatic carbocycles. The molecule has 17 heavy (non-hydrogen) atoms. The second-order valence-corrected chi connectivity index (χ2v) is 5.42. The van der Waals surface area contributed by atoms with Crippen LogP contribution in [0.3, 0.4) is 0 Å². The lowest BCUT2D eigenvalue weighted by Crippen LogP contribution is -2.23. The van der Waals surface area contributed by atoms with Crippen LogP contribution in [-0.2, 0) is 6.54 Å². The second kappa shape index (κ2) is 5.18. The lowest BCUT2D eigenvalue weighted by atomic mass is 10.0. The highest BCUT2D eigenvalue weighted by molar-refractivity contribution is 5.26. The molecule has 0 atom stereocenters. The zero-order valence-electron chi connectivity index (χ0n) is 10.9. The summed E-state index contributed by atoms with van der Waals surface area (Å²) in [5.74, 6) is -0.143. The third-order valence-corrected chi connectivity index (χ3v) is 3.86. The van der Waals surface area contributed by atoms with Crippen molar-refractivity contribution in [3.05, 3.63) is 35.1 Å². The van der Waals surface area contributed by atoms with Crippen LogP contribution in [0.25, 0.3) is 0 Å². The lowest BCUT2D eigenvalue weighted by molar-refractivity contribution is 0.420. The Bertz CT molecular complexity index is 383. The largest absolute Gasteiger partial charge is 0.312 e. The molecular formula is C15H22FN. The Morgan fingerprint density at radius 1 is 1.35 bits per heavy atom. The van der Waals surface area contributed by atoms with Crippen LogP contribution in [0, 0.1) is 18.2 Å². The number of nitrogens with one attached hydrogen (secondary N) is 1. The van der Waals surface area contributed by atoms with Gasteiger partial charge in [0.2, 0.25) is 0 Å². The van der Waals surface area contributed by atoms with Crippen LogP contribution >= 0.6 is 0 Å². The maximum Gasteiger partial charge on any atom is 0.123 e. The summed E-state index contributed by atoms with van der Waals surface area (Å²) < 4.78 is 12.9. The normalized spacial score (nSPS) is 17.1. The molecule has 0 unspecified atom stereocenters. The van der Waals surface area contributed by atoms with Gasteiger partial charge in [0.15, 0.2) is 0 Å². The standard InChI is InChI=1S/C15H22FN/c1-3-6-15(7-8-15)11-17-10-13-4-5-14(16)9-12(13)2/h4-5,9,17H,3,6-8,10-11H2,1-2H3. The molecule has 0 spiro atoms. The van der Waals surface area contributed by atoms with E-state index in [4.69, 9.17) is 0 Å². The molecule has 0 saturated heterocycles. The van der Waals surface area contributed by atoms with Gasteiger partial charge >= 0.3 is 0 Å². The van der Waals surface area contributed by atoms with Crippen LogP contribution in [0.4, 0.5) is 4.39 Å². The maximum atomic E-state index is 12.9. The molecular weight excluding hydrogens is 213 g/mol. The summed E-state index contributed by atoms with van der Waals surface area (Å²) in [5.41, 5.74) is 2.83. The summed E-state index contributed by atoms with van der Waals surface area (Å²) in [4.78, 5) is 0. The van der Waals surface area contributed by atoms with Crippen molar-refractivity contribution in [3.8, 4) is 0 Å². The maximum absolute atomic E-state index is 12.9. The van der Waals surface area contributed by atoms with Crippen LogP contribution in [-0.4, -0.2) is 6.54 Å². The predicted molar refractivity (Wildman–Crippen MR) is 69.4 cm³/mol. The number of halogens is 1. The van der Waals surface area contributed by atoms with Gasteiger partial charge in [-0.3, -0.25) is 0 Å². The lowest BCUT2D eigenvalue weighted by Gasteiger charge is -2.15. The number of hydrogen-bond donors (Lipinski definition) is 1. The highest BCUT2D eigenvalue weighted by Crippen LogP contribution is 2.48. The van der Waals surface area contributed by atoms with Gasteiger partial charge in [0.25, 0.3) is 0 Å². The van der Waals surface area contributed by atoms with Crippen molar-refractivity contribution in [1.29, 1.82) is 0 Å². The Morgan fingerprint density at radius 3 is 2.71 bits per heavy atom. The highest BCUT2D eigenvalue weighted by Gasteiger charge is 2.40.